The van der Waals surface area contributed by atoms with Crippen molar-refractivity contribution < 1.29 is 14.3 Å². The van der Waals surface area contributed by atoms with E-state index in [9.17, 15) is 9.59 Å². The summed E-state index contributed by atoms with van der Waals surface area (Å²) in [5, 5.41) is 4.70. The molecule has 154 valence electrons. The quantitative estimate of drug-likeness (QED) is 0.797. The summed E-state index contributed by atoms with van der Waals surface area (Å²) < 4.78 is 7.23. The van der Waals surface area contributed by atoms with Crippen LogP contribution >= 0.6 is 0 Å². The molecule has 7 heteroatoms. The van der Waals surface area contributed by atoms with Crippen LogP contribution in [0.2, 0.25) is 0 Å². The number of hydrogen-bond acceptors (Lipinski definition) is 4. The molecule has 0 saturated carbocycles. The molecule has 1 saturated heterocycles. The average molecular weight is 396 g/mol. The molecule has 7 nitrogen and oxygen atoms in total. The monoisotopic (exact) mass is 396 g/mol. The normalized spacial score (nSPS) is 16.2. The van der Waals surface area contributed by atoms with Crippen LogP contribution in [0.3, 0.4) is 0 Å². The average Bonchev–Trinajstić information content (AvgIpc) is 3.35. The van der Waals surface area contributed by atoms with Crippen molar-refractivity contribution in [1.82, 2.24) is 19.6 Å². The number of carbonyl (C=O) groups excluding carboxylic acids is 2. The van der Waals surface area contributed by atoms with Gasteiger partial charge in [0, 0.05) is 37.4 Å². The van der Waals surface area contributed by atoms with Gasteiger partial charge in [0.25, 0.3) is 5.91 Å². The van der Waals surface area contributed by atoms with Crippen LogP contribution in [0.1, 0.15) is 42.0 Å². The maximum Gasteiger partial charge on any atom is 0.409 e. The fourth-order valence-corrected chi connectivity index (χ4v) is 3.96. The van der Waals surface area contributed by atoms with Gasteiger partial charge in [0.15, 0.2) is 5.69 Å². The lowest BCUT2D eigenvalue weighted by atomic mass is 10.1. The molecule has 1 aromatic heterocycles. The van der Waals surface area contributed by atoms with Crippen LogP contribution in [-0.2, 0) is 17.6 Å². The Balaban J connectivity index is 1.46. The van der Waals surface area contributed by atoms with Gasteiger partial charge >= 0.3 is 6.09 Å². The highest BCUT2D eigenvalue weighted by Crippen LogP contribution is 2.28. The lowest BCUT2D eigenvalue weighted by Gasteiger charge is -2.34. The molecule has 2 aromatic rings. The third-order valence-corrected chi connectivity index (χ3v) is 5.50. The number of nitrogens with zero attached hydrogens (tertiary/aromatic N) is 4. The summed E-state index contributed by atoms with van der Waals surface area (Å²) in [6, 6.07) is 9.97. The van der Waals surface area contributed by atoms with Gasteiger partial charge in [-0.15, -0.1) is 0 Å². The largest absolute Gasteiger partial charge is 0.449 e. The van der Waals surface area contributed by atoms with E-state index >= 15 is 0 Å². The molecule has 0 bridgehead atoms. The molecule has 0 radical (unpaired) electrons. The molecule has 0 spiro atoms. The predicted octanol–water partition coefficient (Wildman–Crippen LogP) is 2.91. The zero-order chi connectivity index (χ0) is 20.4. The summed E-state index contributed by atoms with van der Waals surface area (Å²) in [6.45, 7) is 6.43. The minimum atomic E-state index is -0.292. The van der Waals surface area contributed by atoms with Crippen molar-refractivity contribution in [2.45, 2.75) is 33.1 Å². The number of hydrogen-bond donors (Lipinski definition) is 0. The van der Waals surface area contributed by atoms with Gasteiger partial charge in [-0.25, -0.2) is 9.48 Å². The number of rotatable bonds is 4. The van der Waals surface area contributed by atoms with Gasteiger partial charge in [-0.1, -0.05) is 32.0 Å². The first-order valence-corrected chi connectivity index (χ1v) is 10.4. The van der Waals surface area contributed by atoms with Crippen molar-refractivity contribution in [3.63, 3.8) is 0 Å². The maximum absolute atomic E-state index is 13.2. The second kappa shape index (κ2) is 8.27. The molecule has 0 unspecified atom stereocenters. The van der Waals surface area contributed by atoms with E-state index in [2.05, 4.69) is 0 Å². The molecule has 29 heavy (non-hydrogen) atoms. The first-order chi connectivity index (χ1) is 14.0. The van der Waals surface area contributed by atoms with Crippen LogP contribution in [-0.4, -0.2) is 64.4 Å². The van der Waals surface area contributed by atoms with E-state index in [0.717, 1.165) is 36.2 Å². The van der Waals surface area contributed by atoms with Crippen LogP contribution in [0.25, 0.3) is 5.69 Å². The lowest BCUT2D eigenvalue weighted by molar-refractivity contribution is 0.0530. The van der Waals surface area contributed by atoms with Crippen LogP contribution < -0.4 is 0 Å². The van der Waals surface area contributed by atoms with Gasteiger partial charge in [0.2, 0.25) is 0 Å². The zero-order valence-corrected chi connectivity index (χ0v) is 17.1. The number of amides is 2. The zero-order valence-electron chi connectivity index (χ0n) is 17.1. The summed E-state index contributed by atoms with van der Waals surface area (Å²) in [6.07, 6.45) is 2.60. The second-order valence-corrected chi connectivity index (χ2v) is 8.12. The molecular weight excluding hydrogens is 368 g/mol. The van der Waals surface area contributed by atoms with Gasteiger partial charge in [-0.2, -0.15) is 5.10 Å². The van der Waals surface area contributed by atoms with E-state index in [1.807, 2.05) is 53.8 Å². The molecule has 0 atom stereocenters. The molecule has 1 aliphatic heterocycles. The van der Waals surface area contributed by atoms with Crippen molar-refractivity contribution in [2.24, 2.45) is 5.92 Å². The number of ether oxygens (including phenoxy) is 1. The molecular formula is C22H28N4O3. The Morgan fingerprint density at radius 2 is 1.72 bits per heavy atom. The van der Waals surface area contributed by atoms with Crippen molar-refractivity contribution in [2.75, 3.05) is 32.8 Å². The van der Waals surface area contributed by atoms with Crippen molar-refractivity contribution >= 4 is 12.0 Å². The summed E-state index contributed by atoms with van der Waals surface area (Å²) >= 11 is 0. The highest BCUT2D eigenvalue weighted by atomic mass is 16.6. The summed E-state index contributed by atoms with van der Waals surface area (Å²) in [7, 11) is 0. The predicted molar refractivity (Wildman–Crippen MR) is 109 cm³/mol. The van der Waals surface area contributed by atoms with Crippen LogP contribution in [0.5, 0.6) is 0 Å². The Labute approximate surface area is 171 Å². The molecule has 4 rings (SSSR count). The van der Waals surface area contributed by atoms with Gasteiger partial charge in [-0.3, -0.25) is 4.79 Å². The Morgan fingerprint density at radius 1 is 1.03 bits per heavy atom. The molecule has 2 amide bonds. The molecule has 1 aromatic carbocycles. The number of piperazine rings is 1. The SMILES string of the molecule is CC(C)COC(=O)N1CCN(C(=O)c2nn(-c3ccccc3)c3c2CCC3)CC1. The van der Waals surface area contributed by atoms with E-state index in [1.54, 1.807) is 4.90 Å². The molecule has 1 aliphatic carbocycles. The van der Waals surface area contributed by atoms with Crippen molar-refractivity contribution in [3.8, 4) is 5.69 Å². The van der Waals surface area contributed by atoms with E-state index in [0.29, 0.717) is 44.4 Å². The lowest BCUT2D eigenvalue weighted by Crippen LogP contribution is -2.51. The summed E-state index contributed by atoms with van der Waals surface area (Å²) in [5.41, 5.74) is 3.78. The molecule has 1 fully saturated rings. The van der Waals surface area contributed by atoms with Gasteiger partial charge < -0.3 is 14.5 Å². The third kappa shape index (κ3) is 3.99. The minimum absolute atomic E-state index is 0.0342. The first kappa shape index (κ1) is 19.5. The maximum atomic E-state index is 13.2. The molecule has 0 N–H and O–H groups in total. The summed E-state index contributed by atoms with van der Waals surface area (Å²) in [4.78, 5) is 28.8. The minimum Gasteiger partial charge on any atom is -0.449 e. The van der Waals surface area contributed by atoms with Crippen LogP contribution in [0.15, 0.2) is 30.3 Å². The van der Waals surface area contributed by atoms with Gasteiger partial charge in [0.05, 0.1) is 12.3 Å². The fraction of sp³-hybridized carbons (Fsp3) is 0.500. The fourth-order valence-electron chi connectivity index (χ4n) is 3.96. The van der Waals surface area contributed by atoms with Crippen LogP contribution in [0, 0.1) is 5.92 Å². The third-order valence-electron chi connectivity index (χ3n) is 5.50. The first-order valence-electron chi connectivity index (χ1n) is 10.4. The highest BCUT2D eigenvalue weighted by Gasteiger charge is 2.32. The van der Waals surface area contributed by atoms with Crippen molar-refractivity contribution in [3.05, 3.63) is 47.3 Å². The molecule has 2 heterocycles. The smallest absolute Gasteiger partial charge is 0.409 e. The Bertz CT molecular complexity index is 883. The van der Waals surface area contributed by atoms with Crippen molar-refractivity contribution in [1.29, 1.82) is 0 Å². The number of para-hydroxylation sites is 1. The van der Waals surface area contributed by atoms with Gasteiger partial charge in [-0.05, 0) is 37.3 Å². The Kier molecular flexibility index (Phi) is 5.56. The van der Waals surface area contributed by atoms with E-state index in [1.165, 1.54) is 0 Å². The van der Waals surface area contributed by atoms with Crippen LogP contribution in [0.4, 0.5) is 4.79 Å². The van der Waals surface area contributed by atoms with E-state index < -0.39 is 0 Å². The standard InChI is InChI=1S/C22H28N4O3/c1-16(2)15-29-22(28)25-13-11-24(12-14-25)21(27)20-18-9-6-10-19(18)26(23-20)17-7-4-3-5-8-17/h3-5,7-8,16H,6,9-15H2,1-2H3. The summed E-state index contributed by atoms with van der Waals surface area (Å²) in [5.74, 6) is 0.275. The number of aromatic nitrogens is 2. The van der Waals surface area contributed by atoms with E-state index in [4.69, 9.17) is 9.84 Å². The molecule has 2 aliphatic rings. The number of carbonyl (C=O) groups is 2. The topological polar surface area (TPSA) is 67.7 Å². The Hall–Kier alpha value is -2.83. The second-order valence-electron chi connectivity index (χ2n) is 8.12. The number of fused-ring (bicyclic) bond motifs is 1. The highest BCUT2D eigenvalue weighted by molar-refractivity contribution is 5.94. The van der Waals surface area contributed by atoms with E-state index in [-0.39, 0.29) is 12.0 Å². The Morgan fingerprint density at radius 3 is 2.41 bits per heavy atom. The van der Waals surface area contributed by atoms with Gasteiger partial charge in [0.1, 0.15) is 0 Å². The number of benzene rings is 1.